The van der Waals surface area contributed by atoms with E-state index >= 15 is 0 Å². The van der Waals surface area contributed by atoms with Crippen LogP contribution in [0, 0.1) is 3.57 Å². The van der Waals surface area contributed by atoms with Crippen LogP contribution in [0.1, 0.15) is 6.42 Å². The normalized spacial score (nSPS) is 20.2. The smallest absolute Gasteiger partial charge is 0.404 e. The summed E-state index contributed by atoms with van der Waals surface area (Å²) in [7, 11) is -1.15. The number of alkyl halides is 1. The molecule has 0 unspecified atom stereocenters. The summed E-state index contributed by atoms with van der Waals surface area (Å²) in [6.07, 6.45) is 1.50. The summed E-state index contributed by atoms with van der Waals surface area (Å²) < 4.78 is 23.2. The molecule has 29 heavy (non-hydrogen) atoms. The van der Waals surface area contributed by atoms with E-state index in [9.17, 15) is 9.18 Å². The molecule has 1 saturated heterocycles. The summed E-state index contributed by atoms with van der Waals surface area (Å²) in [5.74, 6) is 0.590. The fourth-order valence-corrected chi connectivity index (χ4v) is 4.70. The maximum Gasteiger partial charge on any atom is 0.404 e. The van der Waals surface area contributed by atoms with Crippen molar-refractivity contribution in [2.24, 2.45) is 0 Å². The molecule has 0 bridgehead atoms. The molecule has 11 heteroatoms. The Morgan fingerprint density at radius 1 is 1.48 bits per heavy atom. The predicted molar refractivity (Wildman–Crippen MR) is 121 cm³/mol. The molecule has 0 spiro atoms. The second-order valence-electron chi connectivity index (χ2n) is 8.50. The van der Waals surface area contributed by atoms with Crippen molar-refractivity contribution in [3.63, 3.8) is 0 Å². The summed E-state index contributed by atoms with van der Waals surface area (Å²) in [6, 6.07) is 0.405. The third-order valence-corrected chi connectivity index (χ3v) is 7.40. The van der Waals surface area contributed by atoms with Crippen LogP contribution in [-0.2, 0) is 11.5 Å². The summed E-state index contributed by atoms with van der Waals surface area (Å²) >= 11 is 2.23. The molecule has 3 rings (SSSR count). The summed E-state index contributed by atoms with van der Waals surface area (Å²) in [5.41, 5.74) is 1.50. The molecular weight excluding hydrogens is 508 g/mol. The second kappa shape index (κ2) is 9.12. The number of aromatic nitrogens is 3. The summed E-state index contributed by atoms with van der Waals surface area (Å²) in [6.45, 7) is 8.65. The lowest BCUT2D eigenvalue weighted by atomic mass is 10.0. The highest BCUT2D eigenvalue weighted by Gasteiger charge is 2.31. The van der Waals surface area contributed by atoms with Gasteiger partial charge in [-0.1, -0.05) is 19.6 Å². The molecule has 1 amide bonds. The number of nitrogens with one attached hydrogen (secondary N) is 1. The van der Waals surface area contributed by atoms with Crippen LogP contribution in [0.3, 0.4) is 0 Å². The number of amides is 1. The fraction of sp³-hybridized carbons (Fsp3) is 0.611. The Bertz CT molecular complexity index is 875. The van der Waals surface area contributed by atoms with Gasteiger partial charge in [0.15, 0.2) is 5.65 Å². The number of hydrogen-bond acceptors (Lipinski definition) is 5. The number of ether oxygens (including phenoxy) is 1. The van der Waals surface area contributed by atoms with Gasteiger partial charge in [0.25, 0.3) is 0 Å². The number of nitrogens with zero attached hydrogens (tertiary/aromatic N) is 4. The van der Waals surface area contributed by atoms with E-state index in [-0.39, 0.29) is 6.54 Å². The van der Waals surface area contributed by atoms with Crippen molar-refractivity contribution in [1.29, 1.82) is 0 Å². The van der Waals surface area contributed by atoms with E-state index in [1.54, 1.807) is 6.20 Å². The first-order chi connectivity index (χ1) is 13.6. The fourth-order valence-electron chi connectivity index (χ4n) is 3.22. The summed E-state index contributed by atoms with van der Waals surface area (Å²) in [4.78, 5) is 21.8. The minimum atomic E-state index is -1.30. The highest BCUT2D eigenvalue weighted by molar-refractivity contribution is 14.1. The van der Waals surface area contributed by atoms with Gasteiger partial charge in [0.2, 0.25) is 0 Å². The largest absolute Gasteiger partial charge is 0.465 e. The number of carboxylic acid groups (broad SMARTS) is 1. The first kappa shape index (κ1) is 22.2. The van der Waals surface area contributed by atoms with Crippen LogP contribution in [0.15, 0.2) is 12.4 Å². The van der Waals surface area contributed by atoms with Crippen LogP contribution in [0.4, 0.5) is 15.0 Å². The van der Waals surface area contributed by atoms with E-state index in [0.717, 1.165) is 15.1 Å². The second-order valence-corrected chi connectivity index (χ2v) is 15.3. The van der Waals surface area contributed by atoms with Gasteiger partial charge in [-0.2, -0.15) is 0 Å². The molecule has 2 atom stereocenters. The van der Waals surface area contributed by atoms with Crippen molar-refractivity contribution in [3.05, 3.63) is 16.0 Å². The first-order valence-corrected chi connectivity index (χ1v) is 14.4. The van der Waals surface area contributed by atoms with Crippen molar-refractivity contribution in [3.8, 4) is 0 Å². The van der Waals surface area contributed by atoms with Crippen molar-refractivity contribution in [2.75, 3.05) is 24.6 Å². The zero-order valence-corrected chi connectivity index (χ0v) is 20.0. The van der Waals surface area contributed by atoms with E-state index in [4.69, 9.17) is 14.8 Å². The Kier molecular flexibility index (Phi) is 6.99. The molecule has 1 fully saturated rings. The highest BCUT2D eigenvalue weighted by Crippen LogP contribution is 2.25. The van der Waals surface area contributed by atoms with Gasteiger partial charge in [-0.05, 0) is 35.1 Å². The monoisotopic (exact) mass is 535 g/mol. The van der Waals surface area contributed by atoms with E-state index in [1.807, 2.05) is 15.7 Å². The van der Waals surface area contributed by atoms with Crippen molar-refractivity contribution >= 4 is 53.7 Å². The molecule has 2 N–H and O–H groups in total. The predicted octanol–water partition coefficient (Wildman–Crippen LogP) is 3.53. The van der Waals surface area contributed by atoms with E-state index in [1.165, 1.54) is 0 Å². The first-order valence-electron chi connectivity index (χ1n) is 9.61. The zero-order valence-electron chi connectivity index (χ0n) is 16.9. The average Bonchev–Trinajstić information content (AvgIpc) is 2.95. The molecule has 2 aromatic heterocycles. The van der Waals surface area contributed by atoms with Crippen LogP contribution in [-0.4, -0.2) is 65.7 Å². The summed E-state index contributed by atoms with van der Waals surface area (Å²) in [5, 5.41) is 11.1. The minimum absolute atomic E-state index is 0.0790. The third kappa shape index (κ3) is 5.78. The van der Waals surface area contributed by atoms with Crippen LogP contribution < -0.4 is 10.2 Å². The Hall–Kier alpha value is -1.47. The third-order valence-electron chi connectivity index (χ3n) is 4.91. The van der Waals surface area contributed by atoms with Crippen LogP contribution >= 0.6 is 22.6 Å². The minimum Gasteiger partial charge on any atom is -0.465 e. The van der Waals surface area contributed by atoms with Gasteiger partial charge < -0.3 is 24.6 Å². The molecule has 0 aliphatic carbocycles. The number of piperidine rings is 1. The molecule has 1 aliphatic heterocycles. The Balaban J connectivity index is 1.71. The maximum absolute atomic E-state index is 14.4. The molecule has 2 aromatic rings. The lowest BCUT2D eigenvalue weighted by molar-refractivity contribution is 0.0898. The molecule has 8 nitrogen and oxygen atoms in total. The average molecular weight is 535 g/mol. The number of hydrogen-bond donors (Lipinski definition) is 2. The maximum atomic E-state index is 14.4. The number of anilines is 1. The van der Waals surface area contributed by atoms with E-state index in [2.05, 4.69) is 52.5 Å². The molecule has 1 aliphatic rings. The Morgan fingerprint density at radius 3 is 2.90 bits per heavy atom. The molecule has 3 heterocycles. The molecule has 0 saturated carbocycles. The van der Waals surface area contributed by atoms with Crippen molar-refractivity contribution in [2.45, 2.75) is 51.1 Å². The van der Waals surface area contributed by atoms with Crippen molar-refractivity contribution in [1.82, 2.24) is 19.9 Å². The number of carbonyl (C=O) groups is 1. The van der Waals surface area contributed by atoms with Gasteiger partial charge in [-0.25, -0.2) is 19.2 Å². The van der Waals surface area contributed by atoms with Gasteiger partial charge in [-0.3, -0.25) is 0 Å². The number of fused-ring (bicyclic) bond motifs is 1. The quantitative estimate of drug-likeness (QED) is 0.320. The van der Waals surface area contributed by atoms with Gasteiger partial charge in [0, 0.05) is 27.4 Å². The molecule has 0 radical (unpaired) electrons. The zero-order chi connectivity index (χ0) is 21.2. The van der Waals surface area contributed by atoms with Crippen LogP contribution in [0.2, 0.25) is 25.7 Å². The van der Waals surface area contributed by atoms with Crippen molar-refractivity contribution < 1.29 is 19.0 Å². The topological polar surface area (TPSA) is 92.5 Å². The molecule has 160 valence electrons. The van der Waals surface area contributed by atoms with E-state index in [0.29, 0.717) is 37.8 Å². The SMILES string of the molecule is C[Si](C)(C)CCOCn1cc(I)c2ncc(N3CC[C@@H](NC(=O)O)[C@@H](F)C3)nc21. The lowest BCUT2D eigenvalue weighted by Gasteiger charge is -2.35. The standard InChI is InChI=1S/C18H27FIN5O3Si/c1-29(2,3)7-6-28-11-25-10-13(20)16-17(25)23-15(8-21-16)24-5-4-14(12(19)9-24)22-18(26)27/h8,10,12,14,22H,4-7,9,11H2,1-3H3,(H,26,27)/t12-,14+/m0/s1. The highest BCUT2D eigenvalue weighted by atomic mass is 127. The molecule has 0 aromatic carbocycles. The Morgan fingerprint density at radius 2 is 2.24 bits per heavy atom. The lowest BCUT2D eigenvalue weighted by Crippen LogP contribution is -2.52. The van der Waals surface area contributed by atoms with Crippen LogP contribution in [0.25, 0.3) is 11.2 Å². The Labute approximate surface area is 184 Å². The van der Waals surface area contributed by atoms with Gasteiger partial charge in [0.1, 0.15) is 24.2 Å². The van der Waals surface area contributed by atoms with Gasteiger partial charge >= 0.3 is 6.09 Å². The molecular formula is C18H27FIN5O3Si. The van der Waals surface area contributed by atoms with Crippen LogP contribution in [0.5, 0.6) is 0 Å². The number of halogens is 2. The van der Waals surface area contributed by atoms with E-state index < -0.39 is 26.4 Å². The van der Waals surface area contributed by atoms with Gasteiger partial charge in [0.05, 0.1) is 22.4 Å². The number of rotatable bonds is 7. The van der Waals surface area contributed by atoms with Gasteiger partial charge in [-0.15, -0.1) is 0 Å².